The molecule has 2 aromatic rings. The van der Waals surface area contributed by atoms with Crippen molar-refractivity contribution >= 4 is 22.8 Å². The molecule has 5 heteroatoms. The molecule has 0 bridgehead atoms. The van der Waals surface area contributed by atoms with Crippen molar-refractivity contribution < 1.29 is 19.1 Å². The highest BCUT2D eigenvalue weighted by atomic mass is 35.5. The first-order chi connectivity index (χ1) is 11.0. The van der Waals surface area contributed by atoms with Crippen LogP contribution >= 0.6 is 11.6 Å². The summed E-state index contributed by atoms with van der Waals surface area (Å²) in [5.41, 5.74) is 2.47. The Kier molecular flexibility index (Phi) is 5.77. The lowest BCUT2D eigenvalue weighted by Crippen LogP contribution is -2.02. The van der Waals surface area contributed by atoms with Crippen LogP contribution in [0.2, 0.25) is 0 Å². The molecule has 0 heterocycles. The molecule has 2 rings (SSSR count). The van der Waals surface area contributed by atoms with E-state index in [-0.39, 0.29) is 5.97 Å². The summed E-state index contributed by atoms with van der Waals surface area (Å²) >= 11 is 5.46. The van der Waals surface area contributed by atoms with E-state index in [0.29, 0.717) is 29.9 Å². The van der Waals surface area contributed by atoms with Crippen molar-refractivity contribution in [3.05, 3.63) is 59.2 Å². The standard InChI is InChI=1S/C18H17ClO4/c1-12-10-16(8-6-13(12)7-9-17(20)22-2)23-15-5-3-4-14(11-15)18(19)21/h3-6,8,10-11H,7,9H2,1-2H3. The fraction of sp³-hybridized carbons (Fsp3) is 0.222. The summed E-state index contributed by atoms with van der Waals surface area (Å²) in [6.45, 7) is 1.96. The Labute approximate surface area is 140 Å². The predicted octanol–water partition coefficient (Wildman–Crippen LogP) is 4.27. The fourth-order valence-electron chi connectivity index (χ4n) is 2.17. The van der Waals surface area contributed by atoms with Crippen LogP contribution in [-0.2, 0) is 16.0 Å². The number of ether oxygens (including phenoxy) is 2. The van der Waals surface area contributed by atoms with Crippen LogP contribution in [0.15, 0.2) is 42.5 Å². The number of halogens is 1. The molecule has 0 aliphatic heterocycles. The molecule has 2 aromatic carbocycles. The zero-order valence-corrected chi connectivity index (χ0v) is 13.7. The molecule has 0 unspecified atom stereocenters. The van der Waals surface area contributed by atoms with Gasteiger partial charge in [-0.1, -0.05) is 12.1 Å². The molecule has 0 saturated heterocycles. The topological polar surface area (TPSA) is 52.6 Å². The van der Waals surface area contributed by atoms with Crippen LogP contribution in [0.5, 0.6) is 11.5 Å². The van der Waals surface area contributed by atoms with Gasteiger partial charge in [0.25, 0.3) is 5.24 Å². The summed E-state index contributed by atoms with van der Waals surface area (Å²) in [5, 5.41) is -0.523. The van der Waals surface area contributed by atoms with Gasteiger partial charge in [-0.25, -0.2) is 0 Å². The highest BCUT2D eigenvalue weighted by Crippen LogP contribution is 2.25. The molecule has 0 spiro atoms. The number of esters is 1. The molecule has 0 N–H and O–H groups in total. The first-order valence-corrected chi connectivity index (χ1v) is 7.51. The second-order valence-corrected chi connectivity index (χ2v) is 5.41. The monoisotopic (exact) mass is 332 g/mol. The van der Waals surface area contributed by atoms with E-state index in [4.69, 9.17) is 16.3 Å². The van der Waals surface area contributed by atoms with E-state index in [0.717, 1.165) is 11.1 Å². The Bertz CT molecular complexity index is 725. The Morgan fingerprint density at radius 1 is 1.09 bits per heavy atom. The van der Waals surface area contributed by atoms with Gasteiger partial charge in [-0.15, -0.1) is 0 Å². The van der Waals surface area contributed by atoms with Crippen molar-refractivity contribution in [2.75, 3.05) is 7.11 Å². The molecule has 0 saturated carbocycles. The molecular formula is C18H17ClO4. The van der Waals surface area contributed by atoms with E-state index >= 15 is 0 Å². The number of methoxy groups -OCH3 is 1. The third-order valence-corrected chi connectivity index (χ3v) is 3.66. The molecule has 0 atom stereocenters. The van der Waals surface area contributed by atoms with Gasteiger partial charge in [0.1, 0.15) is 11.5 Å². The zero-order chi connectivity index (χ0) is 16.8. The first kappa shape index (κ1) is 17.0. The van der Waals surface area contributed by atoms with Crippen molar-refractivity contribution in [3.63, 3.8) is 0 Å². The minimum Gasteiger partial charge on any atom is -0.469 e. The maximum absolute atomic E-state index is 11.2. The number of carbonyl (C=O) groups excluding carboxylic acids is 2. The largest absolute Gasteiger partial charge is 0.469 e. The minimum atomic E-state index is -0.523. The summed E-state index contributed by atoms with van der Waals surface area (Å²) in [4.78, 5) is 22.4. The SMILES string of the molecule is COC(=O)CCc1ccc(Oc2cccc(C(=O)Cl)c2)cc1C. The van der Waals surface area contributed by atoms with Crippen molar-refractivity contribution in [2.24, 2.45) is 0 Å². The molecule has 120 valence electrons. The van der Waals surface area contributed by atoms with Gasteiger partial charge in [-0.2, -0.15) is 0 Å². The quantitative estimate of drug-likeness (QED) is 0.585. The summed E-state index contributed by atoms with van der Waals surface area (Å²) in [6.07, 6.45) is 0.965. The van der Waals surface area contributed by atoms with Crippen LogP contribution in [-0.4, -0.2) is 18.3 Å². The Hall–Kier alpha value is -2.33. The second kappa shape index (κ2) is 7.79. The highest BCUT2D eigenvalue weighted by Gasteiger charge is 2.07. The molecular weight excluding hydrogens is 316 g/mol. The van der Waals surface area contributed by atoms with Gasteiger partial charge in [-0.3, -0.25) is 9.59 Å². The maximum atomic E-state index is 11.2. The fourth-order valence-corrected chi connectivity index (χ4v) is 2.29. The van der Waals surface area contributed by atoms with Crippen LogP contribution < -0.4 is 4.74 Å². The molecule has 0 fully saturated rings. The van der Waals surface area contributed by atoms with E-state index < -0.39 is 5.24 Å². The van der Waals surface area contributed by atoms with E-state index in [1.165, 1.54) is 7.11 Å². The molecule has 4 nitrogen and oxygen atoms in total. The zero-order valence-electron chi connectivity index (χ0n) is 13.0. The van der Waals surface area contributed by atoms with E-state index in [2.05, 4.69) is 4.74 Å². The smallest absolute Gasteiger partial charge is 0.305 e. The molecule has 0 aliphatic rings. The highest BCUT2D eigenvalue weighted by molar-refractivity contribution is 6.67. The lowest BCUT2D eigenvalue weighted by Gasteiger charge is -2.10. The minimum absolute atomic E-state index is 0.229. The molecule has 0 aliphatic carbocycles. The third kappa shape index (κ3) is 4.83. The van der Waals surface area contributed by atoms with Crippen LogP contribution in [0.1, 0.15) is 27.9 Å². The van der Waals surface area contributed by atoms with Gasteiger partial charge in [0.2, 0.25) is 0 Å². The summed E-state index contributed by atoms with van der Waals surface area (Å²) in [5.74, 6) is 0.967. The van der Waals surface area contributed by atoms with Crippen molar-refractivity contribution in [1.29, 1.82) is 0 Å². The molecule has 0 aromatic heterocycles. The average molecular weight is 333 g/mol. The summed E-state index contributed by atoms with van der Waals surface area (Å²) in [6, 6.07) is 12.3. The third-order valence-electron chi connectivity index (χ3n) is 3.44. The van der Waals surface area contributed by atoms with Gasteiger partial charge in [0.15, 0.2) is 0 Å². The normalized spacial score (nSPS) is 10.2. The van der Waals surface area contributed by atoms with Gasteiger partial charge in [0.05, 0.1) is 7.11 Å². The number of hydrogen-bond acceptors (Lipinski definition) is 4. The lowest BCUT2D eigenvalue weighted by atomic mass is 10.0. The average Bonchev–Trinajstić information content (AvgIpc) is 2.54. The molecule has 0 amide bonds. The Balaban J connectivity index is 2.10. The number of aryl methyl sites for hydroxylation is 2. The van der Waals surface area contributed by atoms with Crippen LogP contribution in [0.4, 0.5) is 0 Å². The van der Waals surface area contributed by atoms with Crippen molar-refractivity contribution in [3.8, 4) is 11.5 Å². The van der Waals surface area contributed by atoms with Gasteiger partial charge >= 0.3 is 5.97 Å². The summed E-state index contributed by atoms with van der Waals surface area (Å²) in [7, 11) is 1.38. The van der Waals surface area contributed by atoms with Gasteiger partial charge in [0, 0.05) is 12.0 Å². The van der Waals surface area contributed by atoms with Crippen LogP contribution in [0, 0.1) is 6.92 Å². The molecule has 0 radical (unpaired) electrons. The molecule has 23 heavy (non-hydrogen) atoms. The maximum Gasteiger partial charge on any atom is 0.305 e. The first-order valence-electron chi connectivity index (χ1n) is 7.13. The van der Waals surface area contributed by atoms with E-state index in [1.54, 1.807) is 24.3 Å². The number of carbonyl (C=O) groups is 2. The summed E-state index contributed by atoms with van der Waals surface area (Å²) < 4.78 is 10.4. The predicted molar refractivity (Wildman–Crippen MR) is 88.2 cm³/mol. The van der Waals surface area contributed by atoms with Gasteiger partial charge in [-0.05, 0) is 66.4 Å². The Morgan fingerprint density at radius 2 is 1.83 bits per heavy atom. The number of hydrogen-bond donors (Lipinski definition) is 0. The lowest BCUT2D eigenvalue weighted by molar-refractivity contribution is -0.140. The Morgan fingerprint density at radius 3 is 2.48 bits per heavy atom. The van der Waals surface area contributed by atoms with Crippen LogP contribution in [0.3, 0.4) is 0 Å². The van der Waals surface area contributed by atoms with Gasteiger partial charge < -0.3 is 9.47 Å². The van der Waals surface area contributed by atoms with Crippen LogP contribution in [0.25, 0.3) is 0 Å². The number of benzene rings is 2. The van der Waals surface area contributed by atoms with E-state index in [1.807, 2.05) is 25.1 Å². The number of rotatable bonds is 6. The van der Waals surface area contributed by atoms with E-state index in [9.17, 15) is 9.59 Å². The van der Waals surface area contributed by atoms with Crippen molar-refractivity contribution in [2.45, 2.75) is 19.8 Å². The van der Waals surface area contributed by atoms with Crippen molar-refractivity contribution in [1.82, 2.24) is 0 Å². The second-order valence-electron chi connectivity index (χ2n) is 5.07.